The monoisotopic (exact) mass is 482 g/mol. The molecule has 0 bridgehead atoms. The van der Waals surface area contributed by atoms with E-state index in [1.807, 2.05) is 12.1 Å². The van der Waals surface area contributed by atoms with Crippen molar-refractivity contribution >= 4 is 63.5 Å². The van der Waals surface area contributed by atoms with E-state index < -0.39 is 0 Å². The maximum absolute atomic E-state index is 11.6. The predicted octanol–water partition coefficient (Wildman–Crippen LogP) is 4.98. The fourth-order valence-corrected chi connectivity index (χ4v) is 4.87. The van der Waals surface area contributed by atoms with Gasteiger partial charge in [-0.25, -0.2) is 0 Å². The molecule has 1 saturated carbocycles. The third-order valence-corrected chi connectivity index (χ3v) is 6.86. The van der Waals surface area contributed by atoms with Gasteiger partial charge in [0.2, 0.25) is 5.91 Å². The standard InChI is InChI=1S/C18H20ClNO3S.C3H3NO2S/c19-14-10-13(11-16-17(21)20-18(22)24-16)6-7-15(14)23-9-8-12-4-2-1-3-5-12;5-2-1-7-3(6)4-2/h6-7,10-12H,1-5,8-9H2,(H,20,21,22);1H2,(H,4,5,6). The minimum atomic E-state index is -0.367. The first-order valence-electron chi connectivity index (χ1n) is 10.0. The quantitative estimate of drug-likeness (QED) is 0.570. The molecule has 166 valence electrons. The van der Waals surface area contributed by atoms with Crippen molar-refractivity contribution in [1.82, 2.24) is 10.6 Å². The van der Waals surface area contributed by atoms with E-state index in [-0.39, 0.29) is 22.3 Å². The highest BCUT2D eigenvalue weighted by Crippen LogP contribution is 2.31. The van der Waals surface area contributed by atoms with E-state index in [1.165, 1.54) is 32.1 Å². The maximum Gasteiger partial charge on any atom is 0.290 e. The first-order valence-corrected chi connectivity index (χ1v) is 12.2. The molecule has 31 heavy (non-hydrogen) atoms. The molecule has 0 atom stereocenters. The molecule has 7 nitrogen and oxygen atoms in total. The van der Waals surface area contributed by atoms with E-state index in [2.05, 4.69) is 10.6 Å². The van der Waals surface area contributed by atoms with E-state index in [4.69, 9.17) is 16.3 Å². The summed E-state index contributed by atoms with van der Waals surface area (Å²) in [6.45, 7) is 0.678. The first kappa shape index (κ1) is 23.7. The molecule has 2 aliphatic heterocycles. The van der Waals surface area contributed by atoms with E-state index >= 15 is 0 Å². The highest BCUT2D eigenvalue weighted by molar-refractivity contribution is 8.18. The Morgan fingerprint density at radius 3 is 2.39 bits per heavy atom. The Labute approximate surface area is 194 Å². The first-order chi connectivity index (χ1) is 14.9. The average Bonchev–Trinajstić information content (AvgIpc) is 3.27. The second kappa shape index (κ2) is 11.6. The largest absolute Gasteiger partial charge is 0.492 e. The second-order valence-electron chi connectivity index (χ2n) is 7.31. The number of nitrogens with one attached hydrogen (secondary N) is 2. The lowest BCUT2D eigenvalue weighted by Gasteiger charge is -2.21. The van der Waals surface area contributed by atoms with Crippen LogP contribution in [0.15, 0.2) is 23.1 Å². The summed E-state index contributed by atoms with van der Waals surface area (Å²) < 4.78 is 5.81. The van der Waals surface area contributed by atoms with E-state index in [1.54, 1.807) is 12.1 Å². The Hall–Kier alpha value is -1.97. The van der Waals surface area contributed by atoms with Crippen molar-refractivity contribution in [1.29, 1.82) is 0 Å². The van der Waals surface area contributed by atoms with Crippen LogP contribution in [0.25, 0.3) is 6.08 Å². The normalized spacial score (nSPS) is 20.4. The molecule has 0 aromatic heterocycles. The third-order valence-electron chi connectivity index (χ3n) is 4.98. The summed E-state index contributed by atoms with van der Waals surface area (Å²) in [6.07, 6.45) is 9.38. The van der Waals surface area contributed by atoms with Crippen LogP contribution in [0.5, 0.6) is 5.75 Å². The van der Waals surface area contributed by atoms with Gasteiger partial charge in [0.15, 0.2) is 0 Å². The molecule has 3 aliphatic rings. The lowest BCUT2D eigenvalue weighted by molar-refractivity contribution is -0.117. The van der Waals surface area contributed by atoms with E-state index in [9.17, 15) is 19.2 Å². The van der Waals surface area contributed by atoms with Crippen molar-refractivity contribution in [3.8, 4) is 5.75 Å². The molecular formula is C21H23ClN2O5S2. The molecule has 3 fully saturated rings. The Morgan fingerprint density at radius 1 is 1.06 bits per heavy atom. The Balaban J connectivity index is 0.000000330. The summed E-state index contributed by atoms with van der Waals surface area (Å²) in [4.78, 5) is 43.3. The summed E-state index contributed by atoms with van der Waals surface area (Å²) >= 11 is 8.17. The van der Waals surface area contributed by atoms with Crippen LogP contribution in [0.2, 0.25) is 5.02 Å². The fourth-order valence-electron chi connectivity index (χ4n) is 3.42. The molecule has 10 heteroatoms. The highest BCUT2D eigenvalue weighted by Gasteiger charge is 2.25. The summed E-state index contributed by atoms with van der Waals surface area (Å²) in [5.41, 5.74) is 0.770. The van der Waals surface area contributed by atoms with Crippen molar-refractivity contribution in [2.24, 2.45) is 5.92 Å². The number of rotatable bonds is 5. The van der Waals surface area contributed by atoms with Gasteiger partial charge in [0.1, 0.15) is 5.75 Å². The van der Waals surface area contributed by atoms with E-state index in [0.29, 0.717) is 28.0 Å². The molecule has 0 radical (unpaired) electrons. The van der Waals surface area contributed by atoms with Gasteiger partial charge in [-0.15, -0.1) is 0 Å². The number of carbonyl (C=O) groups excluding carboxylic acids is 4. The molecule has 4 rings (SSSR count). The maximum atomic E-state index is 11.6. The Bertz CT molecular complexity index is 886. The summed E-state index contributed by atoms with van der Waals surface area (Å²) in [6, 6.07) is 5.40. The van der Waals surface area contributed by atoms with Crippen molar-refractivity contribution in [3.63, 3.8) is 0 Å². The van der Waals surface area contributed by atoms with Crippen LogP contribution in [0.1, 0.15) is 44.1 Å². The lowest BCUT2D eigenvalue weighted by atomic mass is 9.87. The molecule has 0 spiro atoms. The van der Waals surface area contributed by atoms with Crippen molar-refractivity contribution in [3.05, 3.63) is 33.7 Å². The average molecular weight is 483 g/mol. The fraction of sp³-hybridized carbons (Fsp3) is 0.429. The van der Waals surface area contributed by atoms with Gasteiger partial charge in [-0.1, -0.05) is 61.5 Å². The number of carbonyl (C=O) groups is 4. The van der Waals surface area contributed by atoms with Gasteiger partial charge < -0.3 is 4.74 Å². The van der Waals surface area contributed by atoms with Crippen molar-refractivity contribution in [2.75, 3.05) is 12.4 Å². The summed E-state index contributed by atoms with van der Waals surface area (Å²) in [7, 11) is 0. The summed E-state index contributed by atoms with van der Waals surface area (Å²) in [5, 5.41) is 4.27. The molecule has 1 aliphatic carbocycles. The predicted molar refractivity (Wildman–Crippen MR) is 123 cm³/mol. The van der Waals surface area contributed by atoms with Crippen LogP contribution in [-0.2, 0) is 9.59 Å². The zero-order valence-corrected chi connectivity index (χ0v) is 19.2. The van der Waals surface area contributed by atoms with Gasteiger partial charge in [0.05, 0.1) is 22.3 Å². The number of benzene rings is 1. The Kier molecular flexibility index (Phi) is 8.86. The molecule has 1 aromatic carbocycles. The van der Waals surface area contributed by atoms with Gasteiger partial charge >= 0.3 is 0 Å². The SMILES string of the molecule is O=C1CSC(=O)N1.O=C1NC(=O)C(=Cc2ccc(OCCC3CCCCC3)c(Cl)c2)S1. The van der Waals surface area contributed by atoms with Crippen molar-refractivity contribution in [2.45, 2.75) is 38.5 Å². The highest BCUT2D eigenvalue weighted by atomic mass is 35.5. The molecule has 0 unspecified atom stereocenters. The van der Waals surface area contributed by atoms with Gasteiger partial charge in [-0.3, -0.25) is 29.8 Å². The van der Waals surface area contributed by atoms with Crippen molar-refractivity contribution < 1.29 is 23.9 Å². The lowest BCUT2D eigenvalue weighted by Crippen LogP contribution is -2.18. The number of thioether (sulfide) groups is 2. The molecule has 2 N–H and O–H groups in total. The molecule has 1 aromatic rings. The van der Waals surface area contributed by atoms with Crippen LogP contribution >= 0.6 is 35.1 Å². The number of ether oxygens (including phenoxy) is 1. The number of hydrogen-bond acceptors (Lipinski definition) is 7. The summed E-state index contributed by atoms with van der Waals surface area (Å²) in [5.74, 6) is 1.17. The van der Waals surface area contributed by atoms with Crippen LogP contribution in [0.4, 0.5) is 9.59 Å². The zero-order chi connectivity index (χ0) is 22.2. The van der Waals surface area contributed by atoms with Gasteiger partial charge in [0.25, 0.3) is 16.4 Å². The van der Waals surface area contributed by atoms with Gasteiger partial charge in [0, 0.05) is 0 Å². The number of amides is 4. The Morgan fingerprint density at radius 2 is 1.84 bits per heavy atom. The number of hydrogen-bond donors (Lipinski definition) is 2. The van der Waals surface area contributed by atoms with E-state index in [0.717, 1.165) is 41.4 Å². The van der Waals surface area contributed by atoms with Crippen LogP contribution in [0.3, 0.4) is 0 Å². The zero-order valence-electron chi connectivity index (χ0n) is 16.8. The van der Waals surface area contributed by atoms with Crippen LogP contribution in [-0.4, -0.2) is 34.7 Å². The van der Waals surface area contributed by atoms with Gasteiger partial charge in [-0.05, 0) is 47.9 Å². The van der Waals surface area contributed by atoms with Crippen LogP contribution < -0.4 is 15.4 Å². The van der Waals surface area contributed by atoms with Gasteiger partial charge in [-0.2, -0.15) is 0 Å². The molecule has 4 amide bonds. The number of halogens is 1. The number of imide groups is 2. The minimum absolute atomic E-state index is 0.185. The molecule has 2 heterocycles. The third kappa shape index (κ3) is 7.59. The molecule has 2 saturated heterocycles. The minimum Gasteiger partial charge on any atom is -0.492 e. The smallest absolute Gasteiger partial charge is 0.290 e. The van der Waals surface area contributed by atoms with Crippen LogP contribution in [0, 0.1) is 5.92 Å². The topological polar surface area (TPSA) is 102 Å². The second-order valence-corrected chi connectivity index (χ2v) is 9.68. The molecular weight excluding hydrogens is 460 g/mol.